The molecule has 0 radical (unpaired) electrons. The molecule has 1 saturated carbocycles. The second-order valence-electron chi connectivity index (χ2n) is 6.56. The molecule has 0 spiro atoms. The number of hydrogen-bond acceptors (Lipinski definition) is 2. The van der Waals surface area contributed by atoms with Crippen LogP contribution in [0.25, 0.3) is 0 Å². The molecule has 0 aliphatic heterocycles. The molecule has 1 aliphatic rings. The summed E-state index contributed by atoms with van der Waals surface area (Å²) in [6, 6.07) is 18.1. The molecule has 1 unspecified atom stereocenters. The van der Waals surface area contributed by atoms with Gasteiger partial charge in [0.2, 0.25) is 5.91 Å². The van der Waals surface area contributed by atoms with Crippen LogP contribution in [-0.4, -0.2) is 16.8 Å². The summed E-state index contributed by atoms with van der Waals surface area (Å²) in [5.74, 6) is 2.19. The number of ether oxygens (including phenoxy) is 1. The third-order valence-electron chi connectivity index (χ3n) is 4.56. The van der Waals surface area contributed by atoms with Crippen LogP contribution in [0.1, 0.15) is 38.7 Å². The van der Waals surface area contributed by atoms with Gasteiger partial charge in [-0.1, -0.05) is 37.3 Å². The Morgan fingerprint density at radius 2 is 1.83 bits per heavy atom. The SMILES string of the molecule is CCC(C)N(Cc1cccc(Oc2ccccc2)c1)C(=O)C1CC1. The average molecular weight is 323 g/mol. The second kappa shape index (κ2) is 7.52. The Balaban J connectivity index is 1.73. The van der Waals surface area contributed by atoms with E-state index in [-0.39, 0.29) is 12.0 Å². The Labute approximate surface area is 144 Å². The van der Waals surface area contributed by atoms with Crippen molar-refractivity contribution in [3.8, 4) is 11.5 Å². The zero-order chi connectivity index (χ0) is 16.9. The summed E-state index contributed by atoms with van der Waals surface area (Å²) in [4.78, 5) is 14.6. The topological polar surface area (TPSA) is 29.5 Å². The van der Waals surface area contributed by atoms with Crippen molar-refractivity contribution in [2.45, 2.75) is 45.7 Å². The Hall–Kier alpha value is -2.29. The molecule has 24 heavy (non-hydrogen) atoms. The van der Waals surface area contributed by atoms with Crippen LogP contribution in [0, 0.1) is 5.92 Å². The number of para-hydroxylation sites is 1. The van der Waals surface area contributed by atoms with Gasteiger partial charge in [-0.15, -0.1) is 0 Å². The van der Waals surface area contributed by atoms with Gasteiger partial charge in [-0.05, 0) is 56.0 Å². The largest absolute Gasteiger partial charge is 0.457 e. The first kappa shape index (κ1) is 16.6. The molecule has 1 amide bonds. The van der Waals surface area contributed by atoms with E-state index in [1.165, 1.54) is 0 Å². The summed E-state index contributed by atoms with van der Waals surface area (Å²) in [5, 5.41) is 0. The van der Waals surface area contributed by atoms with Gasteiger partial charge < -0.3 is 9.64 Å². The third kappa shape index (κ3) is 4.16. The molecule has 1 fully saturated rings. The summed E-state index contributed by atoms with van der Waals surface area (Å²) in [6.45, 7) is 4.91. The summed E-state index contributed by atoms with van der Waals surface area (Å²) < 4.78 is 5.90. The molecule has 0 saturated heterocycles. The first-order chi connectivity index (χ1) is 11.7. The summed E-state index contributed by atoms with van der Waals surface area (Å²) in [7, 11) is 0. The zero-order valence-electron chi connectivity index (χ0n) is 14.4. The minimum atomic E-state index is 0.253. The minimum Gasteiger partial charge on any atom is -0.457 e. The molecule has 3 rings (SSSR count). The van der Waals surface area contributed by atoms with Gasteiger partial charge in [0.25, 0.3) is 0 Å². The molecule has 2 aromatic rings. The number of nitrogens with zero attached hydrogens (tertiary/aromatic N) is 1. The molecule has 0 heterocycles. The predicted octanol–water partition coefficient (Wildman–Crippen LogP) is 5.02. The molecule has 0 N–H and O–H groups in total. The van der Waals surface area contributed by atoms with E-state index in [0.717, 1.165) is 36.3 Å². The van der Waals surface area contributed by atoms with E-state index < -0.39 is 0 Å². The van der Waals surface area contributed by atoms with E-state index in [0.29, 0.717) is 12.5 Å². The van der Waals surface area contributed by atoms with Gasteiger partial charge in [0.05, 0.1) is 0 Å². The maximum Gasteiger partial charge on any atom is 0.226 e. The van der Waals surface area contributed by atoms with Gasteiger partial charge in [-0.2, -0.15) is 0 Å². The van der Waals surface area contributed by atoms with Crippen LogP contribution in [0.3, 0.4) is 0 Å². The maximum atomic E-state index is 12.6. The highest BCUT2D eigenvalue weighted by Gasteiger charge is 2.34. The number of carbonyl (C=O) groups is 1. The number of amides is 1. The van der Waals surface area contributed by atoms with Crippen LogP contribution in [-0.2, 0) is 11.3 Å². The summed E-state index contributed by atoms with van der Waals surface area (Å²) >= 11 is 0. The number of hydrogen-bond donors (Lipinski definition) is 0. The Morgan fingerprint density at radius 3 is 2.50 bits per heavy atom. The molecule has 3 heteroatoms. The molecular formula is C21H25NO2. The van der Waals surface area contributed by atoms with Crippen molar-refractivity contribution in [1.29, 1.82) is 0 Å². The van der Waals surface area contributed by atoms with Crippen molar-refractivity contribution in [1.82, 2.24) is 4.90 Å². The lowest BCUT2D eigenvalue weighted by atomic mass is 10.1. The fraction of sp³-hybridized carbons (Fsp3) is 0.381. The van der Waals surface area contributed by atoms with Crippen LogP contribution in [0.5, 0.6) is 11.5 Å². The molecule has 0 bridgehead atoms. The molecule has 1 aliphatic carbocycles. The summed E-state index contributed by atoms with van der Waals surface area (Å²) in [6.07, 6.45) is 3.06. The van der Waals surface area contributed by atoms with E-state index in [1.54, 1.807) is 0 Å². The standard InChI is InChI=1S/C21H25NO2/c1-3-16(2)22(21(23)18-12-13-18)15-17-8-7-11-20(14-17)24-19-9-5-4-6-10-19/h4-11,14,16,18H,3,12-13,15H2,1-2H3. The first-order valence-electron chi connectivity index (χ1n) is 8.79. The molecule has 3 nitrogen and oxygen atoms in total. The van der Waals surface area contributed by atoms with Gasteiger partial charge in [0.15, 0.2) is 0 Å². The Bertz CT molecular complexity index is 679. The highest BCUT2D eigenvalue weighted by molar-refractivity contribution is 5.81. The lowest BCUT2D eigenvalue weighted by Gasteiger charge is -2.29. The Kier molecular flexibility index (Phi) is 5.19. The fourth-order valence-electron chi connectivity index (χ4n) is 2.76. The van der Waals surface area contributed by atoms with Crippen LogP contribution in [0.2, 0.25) is 0 Å². The number of benzene rings is 2. The lowest BCUT2D eigenvalue weighted by molar-refractivity contribution is -0.135. The third-order valence-corrected chi connectivity index (χ3v) is 4.56. The molecule has 0 aromatic heterocycles. The van der Waals surface area contributed by atoms with Crippen molar-refractivity contribution >= 4 is 5.91 Å². The highest BCUT2D eigenvalue weighted by Crippen LogP contribution is 2.33. The van der Waals surface area contributed by atoms with Crippen LogP contribution < -0.4 is 4.74 Å². The Morgan fingerprint density at radius 1 is 1.12 bits per heavy atom. The van der Waals surface area contributed by atoms with E-state index in [4.69, 9.17) is 4.74 Å². The van der Waals surface area contributed by atoms with Gasteiger partial charge in [-0.3, -0.25) is 4.79 Å². The summed E-state index contributed by atoms with van der Waals surface area (Å²) in [5.41, 5.74) is 1.11. The quantitative estimate of drug-likeness (QED) is 0.716. The van der Waals surface area contributed by atoms with Crippen LogP contribution in [0.4, 0.5) is 0 Å². The smallest absolute Gasteiger partial charge is 0.226 e. The molecule has 1 atom stereocenters. The van der Waals surface area contributed by atoms with Crippen molar-refractivity contribution in [3.63, 3.8) is 0 Å². The van der Waals surface area contributed by atoms with Gasteiger partial charge in [-0.25, -0.2) is 0 Å². The van der Waals surface area contributed by atoms with E-state index in [9.17, 15) is 4.79 Å². The van der Waals surface area contributed by atoms with Crippen LogP contribution in [0.15, 0.2) is 54.6 Å². The predicted molar refractivity (Wildman–Crippen MR) is 96.0 cm³/mol. The van der Waals surface area contributed by atoms with E-state index in [2.05, 4.69) is 19.9 Å². The van der Waals surface area contributed by atoms with Gasteiger partial charge >= 0.3 is 0 Å². The van der Waals surface area contributed by atoms with Crippen molar-refractivity contribution in [2.75, 3.05) is 0 Å². The highest BCUT2D eigenvalue weighted by atomic mass is 16.5. The zero-order valence-corrected chi connectivity index (χ0v) is 14.4. The molecule has 126 valence electrons. The van der Waals surface area contributed by atoms with Gasteiger partial charge in [0.1, 0.15) is 11.5 Å². The van der Waals surface area contributed by atoms with Crippen molar-refractivity contribution < 1.29 is 9.53 Å². The second-order valence-corrected chi connectivity index (χ2v) is 6.56. The lowest BCUT2D eigenvalue weighted by Crippen LogP contribution is -2.38. The van der Waals surface area contributed by atoms with Gasteiger partial charge in [0, 0.05) is 18.5 Å². The number of carbonyl (C=O) groups excluding carboxylic acids is 1. The monoisotopic (exact) mass is 323 g/mol. The molecule has 2 aromatic carbocycles. The first-order valence-corrected chi connectivity index (χ1v) is 8.79. The number of rotatable bonds is 7. The molecular weight excluding hydrogens is 298 g/mol. The minimum absolute atomic E-state index is 0.253. The van der Waals surface area contributed by atoms with E-state index in [1.807, 2.05) is 53.4 Å². The average Bonchev–Trinajstić information content (AvgIpc) is 3.45. The van der Waals surface area contributed by atoms with Crippen molar-refractivity contribution in [3.05, 3.63) is 60.2 Å². The maximum absolute atomic E-state index is 12.6. The van der Waals surface area contributed by atoms with E-state index >= 15 is 0 Å². The fourth-order valence-corrected chi connectivity index (χ4v) is 2.76. The van der Waals surface area contributed by atoms with Crippen molar-refractivity contribution in [2.24, 2.45) is 5.92 Å². The normalized spacial score (nSPS) is 14.9. The van der Waals surface area contributed by atoms with Crippen LogP contribution >= 0.6 is 0 Å².